The average Bonchev–Trinajstić information content (AvgIpc) is 3.25. The summed E-state index contributed by atoms with van der Waals surface area (Å²) in [7, 11) is 1.51. The van der Waals surface area contributed by atoms with Crippen LogP contribution >= 0.6 is 0 Å². The molecule has 1 aromatic carbocycles. The van der Waals surface area contributed by atoms with Crippen molar-refractivity contribution in [3.63, 3.8) is 0 Å². The van der Waals surface area contributed by atoms with E-state index in [0.29, 0.717) is 35.0 Å². The number of rotatable bonds is 1. The molecule has 1 aromatic rings. The molecule has 0 amide bonds. The highest BCUT2D eigenvalue weighted by atomic mass is 16.7. The van der Waals surface area contributed by atoms with E-state index in [4.69, 9.17) is 14.2 Å². The molecular weight excluding hydrogens is 825 g/mol. The van der Waals surface area contributed by atoms with Gasteiger partial charge in [0.25, 0.3) is 0 Å². The maximum Gasteiger partial charge on any atom is 0.317 e. The van der Waals surface area contributed by atoms with E-state index in [-0.39, 0.29) is 73.2 Å². The summed E-state index contributed by atoms with van der Waals surface area (Å²) in [6, 6.07) is 2.03. The molecule has 356 valence electrons. The standard InChI is InChI=1S/C58H76O8/c1-32-26-41-49(4,30-38(32)60)19-23-53(8)40-15-14-34-35(51(40,6)20-24-54(41,53)9)28-44(61)58(63)57(34,12)65-39-27-36-45(33(2)46(39)66-58)37(59)29-42-52(36,7)21-25-56(11)43-31-50(5,47(62)64-13)17-16-48(43,3)18-22-55(42,56)10/h14,27-29,32,40-41,43,63H,15-26,30-31H2,1-13H3/t32-,40?,41-,43-,48-,49+,50-,51+,52+,53-,54+,55-,56+,57+,58-/m1/s1. The van der Waals surface area contributed by atoms with Crippen LogP contribution in [0.4, 0.5) is 0 Å². The smallest absolute Gasteiger partial charge is 0.317 e. The minimum absolute atomic E-state index is 0.0115. The van der Waals surface area contributed by atoms with Gasteiger partial charge in [0.2, 0.25) is 11.4 Å². The van der Waals surface area contributed by atoms with E-state index >= 15 is 0 Å². The first-order valence-electron chi connectivity index (χ1n) is 25.7. The largest absolute Gasteiger partial charge is 0.471 e. The van der Waals surface area contributed by atoms with Crippen molar-refractivity contribution in [1.29, 1.82) is 0 Å². The summed E-state index contributed by atoms with van der Waals surface area (Å²) < 4.78 is 19.3. The van der Waals surface area contributed by atoms with Gasteiger partial charge in [-0.05, 0) is 195 Å². The molecule has 0 saturated heterocycles. The van der Waals surface area contributed by atoms with Crippen LogP contribution in [0.1, 0.15) is 188 Å². The number of Topliss-reactive ketones (excluding diaryl/α,β-unsaturated/α-hetero) is 1. The number of carbonyl (C=O) groups excluding carboxylic acids is 4. The highest BCUT2D eigenvalue weighted by molar-refractivity contribution is 6.10. The number of allylic oxidation sites excluding steroid dienone is 3. The molecule has 0 spiro atoms. The van der Waals surface area contributed by atoms with E-state index in [9.17, 15) is 24.3 Å². The van der Waals surface area contributed by atoms with Crippen LogP contribution in [0.3, 0.4) is 0 Å². The number of hydrogen-bond acceptors (Lipinski definition) is 8. The van der Waals surface area contributed by atoms with Gasteiger partial charge in [0.1, 0.15) is 5.78 Å². The number of aliphatic hydroxyl groups is 1. The van der Waals surface area contributed by atoms with Gasteiger partial charge in [-0.15, -0.1) is 0 Å². The predicted octanol–water partition coefficient (Wildman–Crippen LogP) is 11.9. The van der Waals surface area contributed by atoms with E-state index in [2.05, 4.69) is 75.3 Å². The molecule has 1 aliphatic heterocycles. The Morgan fingerprint density at radius 2 is 1.39 bits per heavy atom. The van der Waals surface area contributed by atoms with Crippen LogP contribution in [0.15, 0.2) is 41.0 Å². The van der Waals surface area contributed by atoms with Gasteiger partial charge < -0.3 is 19.3 Å². The van der Waals surface area contributed by atoms with E-state index in [0.717, 1.165) is 100 Å². The van der Waals surface area contributed by atoms with Crippen molar-refractivity contribution in [3.8, 4) is 11.5 Å². The second-order valence-electron chi connectivity index (χ2n) is 26.7. The van der Waals surface area contributed by atoms with Crippen LogP contribution in [0.5, 0.6) is 11.5 Å². The molecule has 0 radical (unpaired) electrons. The summed E-state index contributed by atoms with van der Waals surface area (Å²) in [6.07, 6.45) is 18.6. The van der Waals surface area contributed by atoms with Gasteiger partial charge in [-0.25, -0.2) is 0 Å². The van der Waals surface area contributed by atoms with Crippen LogP contribution in [0, 0.1) is 73.9 Å². The molecule has 15 atom stereocenters. The lowest BCUT2D eigenvalue weighted by Gasteiger charge is -2.71. The molecule has 1 N–H and O–H groups in total. The van der Waals surface area contributed by atoms with Crippen LogP contribution in [0.2, 0.25) is 0 Å². The molecular formula is C58H76O8. The molecule has 1 heterocycles. The lowest BCUT2D eigenvalue weighted by Crippen LogP contribution is -2.71. The molecule has 9 aliphatic carbocycles. The Balaban J connectivity index is 0.967. The Labute approximate surface area is 393 Å². The Bertz CT molecular complexity index is 2570. The average molecular weight is 901 g/mol. The van der Waals surface area contributed by atoms with Gasteiger partial charge in [0.05, 0.1) is 12.5 Å². The van der Waals surface area contributed by atoms with Crippen molar-refractivity contribution in [1.82, 2.24) is 0 Å². The molecule has 1 unspecified atom stereocenters. The van der Waals surface area contributed by atoms with Gasteiger partial charge in [-0.2, -0.15) is 0 Å². The van der Waals surface area contributed by atoms with Crippen molar-refractivity contribution in [3.05, 3.63) is 57.7 Å². The van der Waals surface area contributed by atoms with Gasteiger partial charge in [-0.3, -0.25) is 19.2 Å². The fourth-order valence-electron chi connectivity index (χ4n) is 19.0. The zero-order valence-corrected chi connectivity index (χ0v) is 42.3. The molecule has 8 nitrogen and oxygen atoms in total. The van der Waals surface area contributed by atoms with Gasteiger partial charge in [0, 0.05) is 34.5 Å². The third-order valence-corrected chi connectivity index (χ3v) is 23.9. The zero-order valence-electron chi connectivity index (χ0n) is 42.3. The molecule has 10 aliphatic rings. The van der Waals surface area contributed by atoms with E-state index in [1.165, 1.54) is 12.7 Å². The zero-order chi connectivity index (χ0) is 47.6. The van der Waals surface area contributed by atoms with Crippen molar-refractivity contribution >= 4 is 23.3 Å². The van der Waals surface area contributed by atoms with Crippen molar-refractivity contribution in [2.75, 3.05) is 7.11 Å². The number of benzene rings is 1. The number of ether oxygens (including phenoxy) is 3. The quantitative estimate of drug-likeness (QED) is 0.277. The number of hydrogen-bond donors (Lipinski definition) is 1. The molecule has 0 aromatic heterocycles. The van der Waals surface area contributed by atoms with E-state index in [1.54, 1.807) is 6.08 Å². The summed E-state index contributed by atoms with van der Waals surface area (Å²) in [5.41, 5.74) is 1.82. The Hall–Kier alpha value is -3.52. The highest BCUT2D eigenvalue weighted by Gasteiger charge is 2.73. The van der Waals surface area contributed by atoms with Gasteiger partial charge in [0.15, 0.2) is 17.3 Å². The minimum atomic E-state index is -2.34. The number of fused-ring (bicyclic) bond motifs is 17. The third kappa shape index (κ3) is 4.97. The van der Waals surface area contributed by atoms with E-state index in [1.807, 2.05) is 26.0 Å². The Morgan fingerprint density at radius 3 is 2.11 bits per heavy atom. The second-order valence-corrected chi connectivity index (χ2v) is 26.7. The highest BCUT2D eigenvalue weighted by Crippen LogP contribution is 2.78. The van der Waals surface area contributed by atoms with Gasteiger partial charge in [-0.1, -0.05) is 68.4 Å². The number of carbonyl (C=O) groups is 4. The summed E-state index contributed by atoms with van der Waals surface area (Å²) >= 11 is 0. The van der Waals surface area contributed by atoms with Crippen LogP contribution in [-0.2, 0) is 24.5 Å². The summed E-state index contributed by atoms with van der Waals surface area (Å²) in [4.78, 5) is 56.1. The summed E-state index contributed by atoms with van der Waals surface area (Å²) in [5.74, 6) is -0.844. The second kappa shape index (κ2) is 13.0. The van der Waals surface area contributed by atoms with Crippen molar-refractivity contribution < 1.29 is 38.5 Å². The number of methoxy groups -OCH3 is 1. The van der Waals surface area contributed by atoms with Crippen molar-refractivity contribution in [2.24, 2.45) is 67.0 Å². The van der Waals surface area contributed by atoms with Crippen molar-refractivity contribution in [2.45, 2.75) is 190 Å². The number of esters is 1. The maximum absolute atomic E-state index is 14.8. The first-order valence-corrected chi connectivity index (χ1v) is 25.7. The molecule has 0 bridgehead atoms. The monoisotopic (exact) mass is 901 g/mol. The molecule has 8 heteroatoms. The van der Waals surface area contributed by atoms with Crippen LogP contribution in [0.25, 0.3) is 0 Å². The van der Waals surface area contributed by atoms with Crippen LogP contribution < -0.4 is 9.47 Å². The Kier molecular flexibility index (Phi) is 8.86. The topological polar surface area (TPSA) is 116 Å². The molecule has 6 saturated carbocycles. The molecule has 6 fully saturated rings. The van der Waals surface area contributed by atoms with Crippen LogP contribution in [-0.4, -0.2) is 46.9 Å². The Morgan fingerprint density at radius 1 is 0.742 bits per heavy atom. The fourth-order valence-corrected chi connectivity index (χ4v) is 19.0. The maximum atomic E-state index is 14.8. The summed E-state index contributed by atoms with van der Waals surface area (Å²) in [6.45, 7) is 27.3. The predicted molar refractivity (Wildman–Crippen MR) is 253 cm³/mol. The molecule has 11 rings (SSSR count). The lowest BCUT2D eigenvalue weighted by molar-refractivity contribution is -0.234. The first kappa shape index (κ1) is 45.0. The fraction of sp³-hybridized carbons (Fsp3) is 0.724. The number of ketones is 3. The van der Waals surface area contributed by atoms with Gasteiger partial charge >= 0.3 is 11.8 Å². The lowest BCUT2D eigenvalue weighted by atomic mass is 9.33. The minimum Gasteiger partial charge on any atom is -0.471 e. The normalized spacial score (nSPS) is 50.8. The third-order valence-electron chi connectivity index (χ3n) is 23.9. The summed E-state index contributed by atoms with van der Waals surface area (Å²) in [5, 5.41) is 12.8. The molecule has 66 heavy (non-hydrogen) atoms. The van der Waals surface area contributed by atoms with E-state index < -0.39 is 28.0 Å². The SMILES string of the molecule is COC(=O)[C@]1(C)CC[C@]2(C)CC[C@]3(C)C4=CC(=O)c5c(cc6c(c5C)O[C@]5(O)C(=O)C=C7C(=CCC8[C@@]7(C)CC[C@@]7(C)[C@@H]9C[C@@H](C)C(=O)C[C@]9(C)CC[C@]87C)[C@]5(C)O6)[C@]4(C)CC[C@@]3(C)[C@@H]2C1. The first-order chi connectivity index (χ1) is 30.6.